The Hall–Kier alpha value is -3.34. The van der Waals surface area contributed by atoms with Crippen LogP contribution < -0.4 is 10.3 Å². The molecule has 1 heterocycles. The van der Waals surface area contributed by atoms with E-state index in [9.17, 15) is 14.4 Å². The molecule has 3 aromatic rings. The Balaban J connectivity index is 1.53. The molecule has 1 aliphatic heterocycles. The van der Waals surface area contributed by atoms with Gasteiger partial charge in [0.05, 0.1) is 28.0 Å². The fourth-order valence-corrected chi connectivity index (χ4v) is 5.50. The number of hydrazone groups is 1. The number of rotatable bonds is 6. The normalized spacial score (nSPS) is 18.2. The minimum absolute atomic E-state index is 0.0691. The highest BCUT2D eigenvalue weighted by Crippen LogP contribution is 2.46. The van der Waals surface area contributed by atoms with E-state index in [1.54, 1.807) is 36.0 Å². The summed E-state index contributed by atoms with van der Waals surface area (Å²) in [4.78, 5) is 12.6. The van der Waals surface area contributed by atoms with Crippen molar-refractivity contribution in [1.29, 1.82) is 5.26 Å². The van der Waals surface area contributed by atoms with Crippen LogP contribution in [0, 0.1) is 23.1 Å². The molecule has 0 saturated heterocycles. The van der Waals surface area contributed by atoms with Crippen LogP contribution in [0.1, 0.15) is 45.1 Å². The second-order valence-electron chi connectivity index (χ2n) is 8.87. The number of thioether (sulfide) groups is 1. The molecule has 2 aliphatic rings. The topological polar surface area (TPSA) is 68.5 Å². The highest BCUT2D eigenvalue weighted by Gasteiger charge is 2.42. The van der Waals surface area contributed by atoms with Crippen molar-refractivity contribution < 1.29 is 9.18 Å². The highest BCUT2D eigenvalue weighted by atomic mass is 35.5. The molecule has 182 valence electrons. The molecule has 2 atom stereocenters. The summed E-state index contributed by atoms with van der Waals surface area (Å²) in [6.07, 6.45) is 3.66. The molecule has 0 aromatic heterocycles. The van der Waals surface area contributed by atoms with Crippen LogP contribution in [0.2, 0.25) is 5.02 Å². The van der Waals surface area contributed by atoms with Crippen molar-refractivity contribution in [3.63, 3.8) is 0 Å². The molecule has 0 saturated carbocycles. The predicted octanol–water partition coefficient (Wildman–Crippen LogP) is 5.97. The largest absolute Gasteiger partial charge is 0.351 e. The van der Waals surface area contributed by atoms with Crippen LogP contribution in [0.25, 0.3) is 0 Å². The van der Waals surface area contributed by atoms with E-state index in [2.05, 4.69) is 11.4 Å². The van der Waals surface area contributed by atoms with E-state index in [4.69, 9.17) is 16.7 Å². The van der Waals surface area contributed by atoms with Crippen molar-refractivity contribution >= 4 is 40.7 Å². The molecule has 5 nitrogen and oxygen atoms in total. The lowest BCUT2D eigenvalue weighted by atomic mass is 9.77. The minimum atomic E-state index is -0.289. The van der Waals surface area contributed by atoms with Gasteiger partial charge in [-0.05, 0) is 72.7 Å². The summed E-state index contributed by atoms with van der Waals surface area (Å²) >= 11 is 8.05. The molecular weight excluding hydrogens is 495 g/mol. The second kappa shape index (κ2) is 10.3. The lowest BCUT2D eigenvalue weighted by molar-refractivity contribution is 0.0956. The maximum atomic E-state index is 13.7. The van der Waals surface area contributed by atoms with E-state index in [-0.39, 0.29) is 23.7 Å². The number of aryl methyl sites for hydroxylation is 1. The quantitative estimate of drug-likeness (QED) is 0.408. The maximum absolute atomic E-state index is 13.7. The number of nitrogens with zero attached hydrogens (tertiary/aromatic N) is 3. The third-order valence-corrected chi connectivity index (χ3v) is 7.65. The minimum Gasteiger partial charge on any atom is -0.351 e. The van der Waals surface area contributed by atoms with Gasteiger partial charge in [-0.25, -0.2) is 4.39 Å². The van der Waals surface area contributed by atoms with Gasteiger partial charge in [0, 0.05) is 29.3 Å². The SMILES string of the molecule is CSCCNC(=O)c1ccc2c(c1)CCC1C2=NN(c2ccc(C#N)c(Cl)c2)C1c1ccc(F)cc1. The number of nitrogens with one attached hydrogen (secondary N) is 1. The fourth-order valence-electron chi connectivity index (χ4n) is 4.98. The summed E-state index contributed by atoms with van der Waals surface area (Å²) in [5, 5.41) is 19.6. The Bertz CT molecular complexity index is 1390. The number of halogens is 2. The number of anilines is 1. The monoisotopic (exact) mass is 518 g/mol. The lowest BCUT2D eigenvalue weighted by Crippen LogP contribution is -2.29. The van der Waals surface area contributed by atoms with Gasteiger partial charge in [-0.2, -0.15) is 22.1 Å². The third kappa shape index (κ3) is 4.59. The van der Waals surface area contributed by atoms with Crippen molar-refractivity contribution in [1.82, 2.24) is 5.32 Å². The first-order valence-electron chi connectivity index (χ1n) is 11.7. The molecule has 36 heavy (non-hydrogen) atoms. The molecule has 0 spiro atoms. The van der Waals surface area contributed by atoms with Crippen molar-refractivity contribution in [3.8, 4) is 6.07 Å². The number of carbonyl (C=O) groups excluding carboxylic acids is 1. The molecule has 8 heteroatoms. The summed E-state index contributed by atoms with van der Waals surface area (Å²) in [6, 6.07) is 19.6. The van der Waals surface area contributed by atoms with Crippen LogP contribution in [0.5, 0.6) is 0 Å². The van der Waals surface area contributed by atoms with Gasteiger partial charge in [0.2, 0.25) is 0 Å². The van der Waals surface area contributed by atoms with Gasteiger partial charge in [0.25, 0.3) is 5.91 Å². The van der Waals surface area contributed by atoms with Gasteiger partial charge in [-0.1, -0.05) is 29.8 Å². The first kappa shape index (κ1) is 24.4. The highest BCUT2D eigenvalue weighted by molar-refractivity contribution is 7.98. The average molecular weight is 519 g/mol. The molecule has 1 amide bonds. The van der Waals surface area contributed by atoms with Crippen LogP contribution >= 0.6 is 23.4 Å². The number of hydrogen-bond donors (Lipinski definition) is 1. The molecule has 1 N–H and O–H groups in total. The first-order valence-corrected chi connectivity index (χ1v) is 13.5. The summed E-state index contributed by atoms with van der Waals surface area (Å²) in [6.45, 7) is 0.632. The van der Waals surface area contributed by atoms with E-state index in [0.717, 1.165) is 46.7 Å². The molecule has 3 aromatic carbocycles. The Morgan fingerprint density at radius 1 is 1.22 bits per heavy atom. The Kier molecular flexibility index (Phi) is 6.99. The lowest BCUT2D eigenvalue weighted by Gasteiger charge is -2.31. The molecule has 1 aliphatic carbocycles. The van der Waals surface area contributed by atoms with Gasteiger partial charge in [0.1, 0.15) is 11.9 Å². The maximum Gasteiger partial charge on any atom is 0.251 e. The number of hydrogen-bond acceptors (Lipinski definition) is 5. The number of nitriles is 1. The third-order valence-electron chi connectivity index (χ3n) is 6.72. The van der Waals surface area contributed by atoms with Crippen LogP contribution in [-0.4, -0.2) is 30.2 Å². The smallest absolute Gasteiger partial charge is 0.251 e. The summed E-state index contributed by atoms with van der Waals surface area (Å²) in [5.41, 5.74) is 5.84. The standard InChI is InChI=1S/C28H24ClFN4OS/c1-36-13-12-32-28(35)19-6-10-23-18(14-19)5-11-24-26(23)33-34(22-9-4-20(16-31)25(29)15-22)27(24)17-2-7-21(30)8-3-17/h2-4,6-10,14-15,24,27H,5,11-13H2,1H3,(H,32,35). The van der Waals surface area contributed by atoms with Crippen molar-refractivity contribution in [3.05, 3.63) is 99.3 Å². The van der Waals surface area contributed by atoms with E-state index in [1.807, 2.05) is 35.5 Å². The predicted molar refractivity (Wildman–Crippen MR) is 143 cm³/mol. The molecule has 0 fully saturated rings. The number of carbonyl (C=O) groups is 1. The van der Waals surface area contributed by atoms with Gasteiger partial charge >= 0.3 is 0 Å². The molecule has 0 bridgehead atoms. The van der Waals surface area contributed by atoms with Gasteiger partial charge in [-0.15, -0.1) is 0 Å². The Labute approximate surface area is 219 Å². The van der Waals surface area contributed by atoms with Gasteiger partial charge in [0.15, 0.2) is 0 Å². The number of amides is 1. The van der Waals surface area contributed by atoms with E-state index < -0.39 is 0 Å². The van der Waals surface area contributed by atoms with E-state index in [0.29, 0.717) is 22.7 Å². The molecule has 0 radical (unpaired) electrons. The second-order valence-corrected chi connectivity index (χ2v) is 10.3. The van der Waals surface area contributed by atoms with Crippen LogP contribution in [0.15, 0.2) is 65.8 Å². The summed E-state index contributed by atoms with van der Waals surface area (Å²) in [5.74, 6) is 0.594. The number of fused-ring (bicyclic) bond motifs is 3. The van der Waals surface area contributed by atoms with Crippen molar-refractivity contribution in [2.24, 2.45) is 11.0 Å². The molecule has 2 unspecified atom stereocenters. The van der Waals surface area contributed by atoms with E-state index >= 15 is 0 Å². The Morgan fingerprint density at radius 2 is 2.03 bits per heavy atom. The average Bonchev–Trinajstić information content (AvgIpc) is 3.29. The zero-order valence-electron chi connectivity index (χ0n) is 19.7. The van der Waals surface area contributed by atoms with E-state index in [1.165, 1.54) is 12.1 Å². The fraction of sp³-hybridized carbons (Fsp3) is 0.250. The Morgan fingerprint density at radius 3 is 2.75 bits per heavy atom. The van der Waals surface area contributed by atoms with Crippen molar-refractivity contribution in [2.75, 3.05) is 23.6 Å². The molecular formula is C28H24ClFN4OS. The van der Waals surface area contributed by atoms with Crippen molar-refractivity contribution in [2.45, 2.75) is 18.9 Å². The number of benzene rings is 3. The van der Waals surface area contributed by atoms with Crippen LogP contribution in [0.4, 0.5) is 10.1 Å². The summed E-state index contributed by atoms with van der Waals surface area (Å²) < 4.78 is 13.7. The van der Waals surface area contributed by atoms with Crippen LogP contribution in [0.3, 0.4) is 0 Å². The van der Waals surface area contributed by atoms with Gasteiger partial charge in [-0.3, -0.25) is 9.80 Å². The zero-order chi connectivity index (χ0) is 25.2. The first-order chi connectivity index (χ1) is 17.5. The summed E-state index contributed by atoms with van der Waals surface area (Å²) in [7, 11) is 0. The zero-order valence-corrected chi connectivity index (χ0v) is 21.2. The molecule has 5 rings (SSSR count). The van der Waals surface area contributed by atoms with Crippen LogP contribution in [-0.2, 0) is 6.42 Å². The van der Waals surface area contributed by atoms with Gasteiger partial charge < -0.3 is 5.32 Å².